The Morgan fingerprint density at radius 3 is 0.750 bits per heavy atom. The molecule has 0 aromatic heterocycles. The summed E-state index contributed by atoms with van der Waals surface area (Å²) < 4.78 is 10.1. The molecule has 0 heterocycles. The second-order valence-corrected chi connectivity index (χ2v) is 13.1. The van der Waals surface area contributed by atoms with Gasteiger partial charge in [0.25, 0.3) is 0 Å². The Kier molecular flexibility index (Phi) is 33.8. The summed E-state index contributed by atoms with van der Waals surface area (Å²) in [6.45, 7) is 4.90. The van der Waals surface area contributed by atoms with Gasteiger partial charge in [0.15, 0.2) is 12.2 Å². The highest BCUT2D eigenvalue weighted by molar-refractivity contribution is 5.85. The molecule has 0 aromatic rings. The van der Waals surface area contributed by atoms with Gasteiger partial charge in [-0.2, -0.15) is 0 Å². The Morgan fingerprint density at radius 2 is 0.545 bits per heavy atom. The van der Waals surface area contributed by atoms with Crippen LogP contribution in [0.1, 0.15) is 206 Å². The van der Waals surface area contributed by atoms with Crippen molar-refractivity contribution in [1.82, 2.24) is 0 Å². The van der Waals surface area contributed by atoms with E-state index in [1.165, 1.54) is 154 Å². The highest BCUT2D eigenvalue weighted by atomic mass is 16.6. The van der Waals surface area contributed by atoms with E-state index >= 15 is 0 Å². The molecule has 2 N–H and O–H groups in total. The van der Waals surface area contributed by atoms with E-state index in [1.807, 2.05) is 0 Å². The lowest BCUT2D eigenvalue weighted by Gasteiger charge is -2.16. The smallest absolute Gasteiger partial charge is 0.338 e. The normalized spacial score (nSPS) is 12.7. The number of carbonyl (C=O) groups is 2. The van der Waals surface area contributed by atoms with Crippen LogP contribution in [0.3, 0.4) is 0 Å². The zero-order chi connectivity index (χ0) is 32.4. The van der Waals surface area contributed by atoms with E-state index in [0.717, 1.165) is 38.5 Å². The monoisotopic (exact) mass is 627 g/mol. The average molecular weight is 627 g/mol. The summed E-state index contributed by atoms with van der Waals surface area (Å²) in [5.74, 6) is -1.93. The number of aliphatic hydroxyl groups excluding tert-OH is 2. The molecule has 0 fully saturated rings. The van der Waals surface area contributed by atoms with Crippen molar-refractivity contribution in [2.24, 2.45) is 0 Å². The molecule has 2 atom stereocenters. The van der Waals surface area contributed by atoms with Crippen LogP contribution in [0.15, 0.2) is 0 Å². The van der Waals surface area contributed by atoms with Crippen LogP contribution in [0.4, 0.5) is 0 Å². The Labute approximate surface area is 272 Å². The van der Waals surface area contributed by atoms with Crippen LogP contribution in [0.25, 0.3) is 0 Å². The number of ether oxygens (including phenoxy) is 2. The van der Waals surface area contributed by atoms with Crippen molar-refractivity contribution in [3.63, 3.8) is 0 Å². The molecule has 262 valence electrons. The standard InChI is InChI=1S/C38H74O6/c1-3-5-7-9-11-13-15-17-19-20-22-24-26-28-30-32-34-44-38(42)36(40)35(39)37(41)43-33-31-29-27-25-23-21-18-16-14-12-10-8-6-4-2/h35-36,39-40H,3-34H2,1-2H3. The molecule has 6 nitrogen and oxygen atoms in total. The van der Waals surface area contributed by atoms with Gasteiger partial charge in [-0.3, -0.25) is 0 Å². The zero-order valence-corrected chi connectivity index (χ0v) is 29.3. The van der Waals surface area contributed by atoms with E-state index in [4.69, 9.17) is 9.47 Å². The van der Waals surface area contributed by atoms with E-state index in [0.29, 0.717) is 0 Å². The molecule has 0 aromatic carbocycles. The molecule has 0 aliphatic rings. The predicted molar refractivity (Wildman–Crippen MR) is 184 cm³/mol. The first kappa shape index (κ1) is 42.9. The van der Waals surface area contributed by atoms with Crippen molar-refractivity contribution in [2.45, 2.75) is 219 Å². The first-order valence-electron chi connectivity index (χ1n) is 19.2. The molecule has 0 rings (SSSR count). The summed E-state index contributed by atoms with van der Waals surface area (Å²) in [7, 11) is 0. The first-order chi connectivity index (χ1) is 21.5. The van der Waals surface area contributed by atoms with Crippen LogP contribution in [-0.4, -0.2) is 47.6 Å². The molecule has 0 spiro atoms. The highest BCUT2D eigenvalue weighted by Crippen LogP contribution is 2.15. The Morgan fingerprint density at radius 1 is 0.364 bits per heavy atom. The third-order valence-electron chi connectivity index (χ3n) is 8.77. The first-order valence-corrected chi connectivity index (χ1v) is 19.2. The molecular weight excluding hydrogens is 552 g/mol. The molecule has 2 unspecified atom stereocenters. The van der Waals surface area contributed by atoms with Crippen molar-refractivity contribution in [3.8, 4) is 0 Å². The van der Waals surface area contributed by atoms with Crippen LogP contribution in [0, 0.1) is 0 Å². The minimum atomic E-state index is -1.90. The SMILES string of the molecule is CCCCCCCCCCCCCCCCCCOC(=O)C(O)C(O)C(=O)OCCCCCCCCCCCCCCCC. The van der Waals surface area contributed by atoms with Crippen LogP contribution >= 0.6 is 0 Å². The van der Waals surface area contributed by atoms with Gasteiger partial charge in [0.1, 0.15) is 0 Å². The van der Waals surface area contributed by atoms with Gasteiger partial charge in [0, 0.05) is 0 Å². The molecule has 0 aliphatic heterocycles. The largest absolute Gasteiger partial charge is 0.464 e. The summed E-state index contributed by atoms with van der Waals surface area (Å²) in [5.41, 5.74) is 0. The number of unbranched alkanes of at least 4 members (excludes halogenated alkanes) is 28. The Bertz CT molecular complexity index is 610. The Hall–Kier alpha value is -1.14. The minimum Gasteiger partial charge on any atom is -0.464 e. The van der Waals surface area contributed by atoms with Crippen LogP contribution in [0.2, 0.25) is 0 Å². The van der Waals surface area contributed by atoms with Crippen LogP contribution in [0.5, 0.6) is 0 Å². The van der Waals surface area contributed by atoms with Gasteiger partial charge in [-0.05, 0) is 12.8 Å². The molecule has 6 heteroatoms. The minimum absolute atomic E-state index is 0.189. The van der Waals surface area contributed by atoms with Gasteiger partial charge in [0.05, 0.1) is 13.2 Å². The fraction of sp³-hybridized carbons (Fsp3) is 0.947. The lowest BCUT2D eigenvalue weighted by molar-refractivity contribution is -0.173. The fourth-order valence-corrected chi connectivity index (χ4v) is 5.72. The number of aliphatic hydroxyl groups is 2. The third kappa shape index (κ3) is 29.6. The quantitative estimate of drug-likeness (QED) is 0.0537. The van der Waals surface area contributed by atoms with Crippen molar-refractivity contribution in [2.75, 3.05) is 13.2 Å². The van der Waals surface area contributed by atoms with Gasteiger partial charge in [-0.25, -0.2) is 9.59 Å². The van der Waals surface area contributed by atoms with Gasteiger partial charge < -0.3 is 19.7 Å². The summed E-state index contributed by atoms with van der Waals surface area (Å²) in [5, 5.41) is 20.0. The second-order valence-electron chi connectivity index (χ2n) is 13.1. The molecule has 0 amide bonds. The number of rotatable bonds is 35. The van der Waals surface area contributed by atoms with E-state index in [-0.39, 0.29) is 13.2 Å². The number of esters is 2. The molecule has 0 saturated heterocycles. The highest BCUT2D eigenvalue weighted by Gasteiger charge is 2.32. The van der Waals surface area contributed by atoms with E-state index < -0.39 is 24.1 Å². The maximum atomic E-state index is 12.0. The van der Waals surface area contributed by atoms with Crippen LogP contribution in [-0.2, 0) is 19.1 Å². The van der Waals surface area contributed by atoms with Crippen molar-refractivity contribution >= 4 is 11.9 Å². The number of hydrogen-bond acceptors (Lipinski definition) is 6. The molecular formula is C38H74O6. The van der Waals surface area contributed by atoms with E-state index in [1.54, 1.807) is 0 Å². The maximum Gasteiger partial charge on any atom is 0.338 e. The Balaban J connectivity index is 3.51. The molecule has 44 heavy (non-hydrogen) atoms. The van der Waals surface area contributed by atoms with E-state index in [2.05, 4.69) is 13.8 Å². The predicted octanol–water partition coefficient (Wildman–Crippen LogP) is 10.5. The lowest BCUT2D eigenvalue weighted by Crippen LogP contribution is -2.41. The van der Waals surface area contributed by atoms with Crippen molar-refractivity contribution in [1.29, 1.82) is 0 Å². The summed E-state index contributed by atoms with van der Waals surface area (Å²) >= 11 is 0. The summed E-state index contributed by atoms with van der Waals surface area (Å²) in [6, 6.07) is 0. The van der Waals surface area contributed by atoms with Crippen LogP contribution < -0.4 is 0 Å². The third-order valence-corrected chi connectivity index (χ3v) is 8.77. The number of carbonyl (C=O) groups excluding carboxylic acids is 2. The summed E-state index contributed by atoms with van der Waals surface area (Å²) in [6.07, 6.45) is 33.9. The summed E-state index contributed by atoms with van der Waals surface area (Å²) in [4.78, 5) is 24.0. The molecule has 0 bridgehead atoms. The maximum absolute atomic E-state index is 12.0. The van der Waals surface area contributed by atoms with E-state index in [9.17, 15) is 19.8 Å². The number of hydrogen-bond donors (Lipinski definition) is 2. The van der Waals surface area contributed by atoms with Crippen molar-refractivity contribution in [3.05, 3.63) is 0 Å². The molecule has 0 aliphatic carbocycles. The van der Waals surface area contributed by atoms with Gasteiger partial charge >= 0.3 is 11.9 Å². The van der Waals surface area contributed by atoms with Gasteiger partial charge in [0.2, 0.25) is 0 Å². The fourth-order valence-electron chi connectivity index (χ4n) is 5.72. The topological polar surface area (TPSA) is 93.1 Å². The lowest BCUT2D eigenvalue weighted by atomic mass is 10.0. The van der Waals surface area contributed by atoms with Crippen molar-refractivity contribution < 1.29 is 29.3 Å². The van der Waals surface area contributed by atoms with Gasteiger partial charge in [-0.1, -0.05) is 194 Å². The molecule has 0 radical (unpaired) electrons. The average Bonchev–Trinajstić information content (AvgIpc) is 3.03. The second kappa shape index (κ2) is 34.7. The molecule has 0 saturated carbocycles. The van der Waals surface area contributed by atoms with Gasteiger partial charge in [-0.15, -0.1) is 0 Å². The zero-order valence-electron chi connectivity index (χ0n) is 29.3.